The topological polar surface area (TPSA) is 85.7 Å². The highest BCUT2D eigenvalue weighted by Crippen LogP contribution is 2.21. The lowest BCUT2D eigenvalue weighted by molar-refractivity contribution is -0.143. The SMILES string of the molecule is Cc1cc(C(=O)COC(=O)CCN2C(=O)Cc3ccccc3C2=O)c(C)n1C(C)C. The number of Topliss-reactive ketones (excluding diaryl/α,β-unsaturated/α-hetero) is 1. The van der Waals surface area contributed by atoms with E-state index in [2.05, 4.69) is 4.57 Å². The number of ketones is 1. The van der Waals surface area contributed by atoms with Gasteiger partial charge in [0.15, 0.2) is 6.61 Å². The van der Waals surface area contributed by atoms with Gasteiger partial charge in [0, 0.05) is 35.1 Å². The fraction of sp³-hybridized carbons (Fsp3) is 0.391. The Hall–Kier alpha value is -3.22. The second kappa shape index (κ2) is 8.65. The van der Waals surface area contributed by atoms with Gasteiger partial charge in [0.2, 0.25) is 11.7 Å². The Morgan fingerprint density at radius 3 is 2.50 bits per heavy atom. The van der Waals surface area contributed by atoms with Crippen molar-refractivity contribution in [3.8, 4) is 0 Å². The van der Waals surface area contributed by atoms with Crippen LogP contribution in [0.1, 0.15) is 64.0 Å². The smallest absolute Gasteiger partial charge is 0.308 e. The maximum Gasteiger partial charge on any atom is 0.308 e. The van der Waals surface area contributed by atoms with Crippen LogP contribution in [0.25, 0.3) is 0 Å². The number of aryl methyl sites for hydroxylation is 1. The minimum absolute atomic E-state index is 0.0686. The van der Waals surface area contributed by atoms with Gasteiger partial charge in [-0.25, -0.2) is 0 Å². The average Bonchev–Trinajstić information content (AvgIpc) is 3.00. The minimum Gasteiger partial charge on any atom is -0.457 e. The first-order valence-electron chi connectivity index (χ1n) is 10.0. The number of amides is 2. The van der Waals surface area contributed by atoms with E-state index < -0.39 is 11.9 Å². The number of hydrogen-bond donors (Lipinski definition) is 0. The molecule has 2 aromatic rings. The van der Waals surface area contributed by atoms with Gasteiger partial charge in [0.05, 0.1) is 12.8 Å². The van der Waals surface area contributed by atoms with Crippen LogP contribution < -0.4 is 0 Å². The number of nitrogens with zero attached hydrogens (tertiary/aromatic N) is 2. The summed E-state index contributed by atoms with van der Waals surface area (Å²) in [7, 11) is 0. The first-order valence-corrected chi connectivity index (χ1v) is 10.0. The molecule has 1 aromatic carbocycles. The number of carbonyl (C=O) groups excluding carboxylic acids is 4. The van der Waals surface area contributed by atoms with Crippen molar-refractivity contribution in [1.82, 2.24) is 9.47 Å². The van der Waals surface area contributed by atoms with Gasteiger partial charge in [0.1, 0.15) is 0 Å². The van der Waals surface area contributed by atoms with Crippen molar-refractivity contribution in [3.05, 3.63) is 58.4 Å². The third-order valence-corrected chi connectivity index (χ3v) is 5.34. The van der Waals surface area contributed by atoms with E-state index in [1.807, 2.05) is 27.7 Å². The third-order valence-electron chi connectivity index (χ3n) is 5.34. The highest BCUT2D eigenvalue weighted by molar-refractivity contribution is 6.09. The number of rotatable bonds is 7. The molecule has 0 saturated heterocycles. The molecule has 0 atom stereocenters. The second-order valence-corrected chi connectivity index (χ2v) is 7.77. The Labute approximate surface area is 175 Å². The van der Waals surface area contributed by atoms with Crippen LogP contribution in [0.2, 0.25) is 0 Å². The molecule has 0 saturated carbocycles. The molecule has 1 aliphatic rings. The summed E-state index contributed by atoms with van der Waals surface area (Å²) in [6, 6.07) is 8.95. The number of ether oxygens (including phenoxy) is 1. The summed E-state index contributed by atoms with van der Waals surface area (Å²) < 4.78 is 7.16. The summed E-state index contributed by atoms with van der Waals surface area (Å²) in [5.41, 5.74) is 3.51. The molecule has 2 heterocycles. The number of fused-ring (bicyclic) bond motifs is 1. The Balaban J connectivity index is 1.56. The van der Waals surface area contributed by atoms with Gasteiger partial charge in [-0.15, -0.1) is 0 Å². The van der Waals surface area contributed by atoms with E-state index in [4.69, 9.17) is 4.74 Å². The first kappa shape index (κ1) is 21.5. The van der Waals surface area contributed by atoms with Crippen molar-refractivity contribution < 1.29 is 23.9 Å². The lowest BCUT2D eigenvalue weighted by Crippen LogP contribution is -2.43. The van der Waals surface area contributed by atoms with Crippen LogP contribution in [0.15, 0.2) is 30.3 Å². The fourth-order valence-corrected chi connectivity index (χ4v) is 3.98. The fourth-order valence-electron chi connectivity index (χ4n) is 3.98. The molecule has 1 aliphatic heterocycles. The van der Waals surface area contributed by atoms with Gasteiger partial charge in [-0.2, -0.15) is 0 Å². The molecule has 7 heteroatoms. The minimum atomic E-state index is -0.625. The van der Waals surface area contributed by atoms with Crippen LogP contribution in [-0.2, 0) is 20.7 Å². The van der Waals surface area contributed by atoms with Gasteiger partial charge < -0.3 is 9.30 Å². The first-order chi connectivity index (χ1) is 14.2. The van der Waals surface area contributed by atoms with Crippen LogP contribution in [0.4, 0.5) is 0 Å². The van der Waals surface area contributed by atoms with Gasteiger partial charge in [0.25, 0.3) is 5.91 Å². The van der Waals surface area contributed by atoms with E-state index in [0.29, 0.717) is 16.7 Å². The molecule has 158 valence electrons. The summed E-state index contributed by atoms with van der Waals surface area (Å²) >= 11 is 0. The number of carbonyl (C=O) groups is 4. The molecule has 30 heavy (non-hydrogen) atoms. The number of hydrogen-bond acceptors (Lipinski definition) is 5. The molecule has 0 unspecified atom stereocenters. The summed E-state index contributed by atoms with van der Waals surface area (Å²) in [5.74, 6) is -1.65. The van der Waals surface area contributed by atoms with Crippen LogP contribution in [0.3, 0.4) is 0 Å². The van der Waals surface area contributed by atoms with Crippen molar-refractivity contribution in [2.45, 2.75) is 46.6 Å². The number of esters is 1. The Morgan fingerprint density at radius 2 is 1.83 bits per heavy atom. The van der Waals surface area contributed by atoms with Crippen molar-refractivity contribution in [2.24, 2.45) is 0 Å². The summed E-state index contributed by atoms with van der Waals surface area (Å²) in [5, 5.41) is 0. The lowest BCUT2D eigenvalue weighted by atomic mass is 9.98. The van der Waals surface area contributed by atoms with Gasteiger partial charge in [-0.1, -0.05) is 18.2 Å². The molecule has 0 N–H and O–H groups in total. The maximum absolute atomic E-state index is 12.5. The van der Waals surface area contributed by atoms with Crippen molar-refractivity contribution in [2.75, 3.05) is 13.2 Å². The Morgan fingerprint density at radius 1 is 1.13 bits per heavy atom. The standard InChI is InChI=1S/C23H26N2O5/c1-14(2)25-15(3)11-19(16(25)4)20(26)13-30-22(28)9-10-24-21(27)12-17-7-5-6-8-18(17)23(24)29/h5-8,11,14H,9-10,12-13H2,1-4H3. The maximum atomic E-state index is 12.5. The van der Waals surface area contributed by atoms with Gasteiger partial charge >= 0.3 is 5.97 Å². The van der Waals surface area contributed by atoms with Crippen LogP contribution in [-0.4, -0.2) is 46.2 Å². The van der Waals surface area contributed by atoms with E-state index in [0.717, 1.165) is 16.3 Å². The highest BCUT2D eigenvalue weighted by Gasteiger charge is 2.30. The second-order valence-electron chi connectivity index (χ2n) is 7.77. The zero-order valence-corrected chi connectivity index (χ0v) is 17.7. The molecule has 1 aromatic heterocycles. The highest BCUT2D eigenvalue weighted by atomic mass is 16.5. The Kier molecular flexibility index (Phi) is 6.20. The van der Waals surface area contributed by atoms with E-state index in [-0.39, 0.29) is 43.7 Å². The molecule has 0 spiro atoms. The molecular weight excluding hydrogens is 384 g/mol. The van der Waals surface area contributed by atoms with Crippen LogP contribution >= 0.6 is 0 Å². The van der Waals surface area contributed by atoms with Gasteiger partial charge in [-0.05, 0) is 45.4 Å². The molecule has 7 nitrogen and oxygen atoms in total. The molecular formula is C23H26N2O5. The van der Waals surface area contributed by atoms with Crippen LogP contribution in [0, 0.1) is 13.8 Å². The largest absolute Gasteiger partial charge is 0.457 e. The molecule has 3 rings (SSSR count). The molecule has 0 radical (unpaired) electrons. The number of aromatic nitrogens is 1. The average molecular weight is 410 g/mol. The van der Waals surface area contributed by atoms with E-state index in [9.17, 15) is 19.2 Å². The predicted molar refractivity (Wildman–Crippen MR) is 110 cm³/mol. The molecule has 0 fully saturated rings. The van der Waals surface area contributed by atoms with Crippen molar-refractivity contribution in [1.29, 1.82) is 0 Å². The summed E-state index contributed by atoms with van der Waals surface area (Å²) in [4.78, 5) is 50.5. The van der Waals surface area contributed by atoms with Crippen molar-refractivity contribution in [3.63, 3.8) is 0 Å². The molecule has 0 bridgehead atoms. The van der Waals surface area contributed by atoms with Crippen molar-refractivity contribution >= 4 is 23.6 Å². The summed E-state index contributed by atoms with van der Waals surface area (Å²) in [6.07, 6.45) is -0.0289. The predicted octanol–water partition coefficient (Wildman–Crippen LogP) is 3.03. The lowest BCUT2D eigenvalue weighted by Gasteiger charge is -2.26. The molecule has 2 amide bonds. The molecule has 0 aliphatic carbocycles. The van der Waals surface area contributed by atoms with E-state index >= 15 is 0 Å². The summed E-state index contributed by atoms with van der Waals surface area (Å²) in [6.45, 7) is 7.44. The normalized spacial score (nSPS) is 13.6. The zero-order chi connectivity index (χ0) is 22.0. The monoisotopic (exact) mass is 410 g/mol. The van der Waals surface area contributed by atoms with E-state index in [1.54, 1.807) is 30.3 Å². The number of benzene rings is 1. The third kappa shape index (κ3) is 4.20. The Bertz CT molecular complexity index is 1020. The van der Waals surface area contributed by atoms with Crippen LogP contribution in [0.5, 0.6) is 0 Å². The quantitative estimate of drug-likeness (QED) is 0.398. The zero-order valence-electron chi connectivity index (χ0n) is 17.7. The van der Waals surface area contributed by atoms with Gasteiger partial charge in [-0.3, -0.25) is 24.1 Å². The number of imide groups is 1. The van der Waals surface area contributed by atoms with E-state index in [1.165, 1.54) is 0 Å².